The molecule has 2 aromatic carbocycles. The van der Waals surface area contributed by atoms with Gasteiger partial charge in [-0.2, -0.15) is 0 Å². The van der Waals surface area contributed by atoms with Gasteiger partial charge < -0.3 is 10.1 Å². The highest BCUT2D eigenvalue weighted by Gasteiger charge is 2.20. The lowest BCUT2D eigenvalue weighted by Gasteiger charge is -2.13. The molecule has 2 amide bonds. The molecule has 0 radical (unpaired) electrons. The van der Waals surface area contributed by atoms with Gasteiger partial charge in [-0.25, -0.2) is 17.9 Å². The minimum atomic E-state index is -4.04. The molecule has 0 aliphatic rings. The van der Waals surface area contributed by atoms with Crippen molar-refractivity contribution >= 4 is 55.5 Å². The predicted octanol–water partition coefficient (Wildman–Crippen LogP) is 4.53. The molecular formula is C22H18ClN3O5S2. The number of thiophene rings is 1. The molecule has 4 rings (SSSR count). The summed E-state index contributed by atoms with van der Waals surface area (Å²) in [6, 6.07) is 13.9. The number of pyridine rings is 1. The van der Waals surface area contributed by atoms with E-state index in [1.54, 1.807) is 43.5 Å². The Kier molecular flexibility index (Phi) is 6.15. The molecule has 0 spiro atoms. The number of nitrogens with zero attached hydrogens (tertiary/aromatic N) is 1. The Bertz CT molecular complexity index is 1540. The van der Waals surface area contributed by atoms with Gasteiger partial charge in [-0.05, 0) is 66.4 Å². The molecule has 11 heteroatoms. The van der Waals surface area contributed by atoms with Crippen LogP contribution in [0.3, 0.4) is 0 Å². The summed E-state index contributed by atoms with van der Waals surface area (Å²) in [6.07, 6.45) is 1.68. The van der Waals surface area contributed by atoms with Gasteiger partial charge in [0.25, 0.3) is 15.6 Å². The fraction of sp³-hybridized carbons (Fsp3) is 0.0909. The number of methoxy groups -OCH3 is 1. The molecule has 0 aliphatic carbocycles. The molecule has 0 saturated carbocycles. The molecule has 0 saturated heterocycles. The molecule has 0 aliphatic heterocycles. The molecule has 2 N–H and O–H groups in total. The van der Waals surface area contributed by atoms with E-state index in [0.29, 0.717) is 32.4 Å². The summed E-state index contributed by atoms with van der Waals surface area (Å²) in [4.78, 5) is 25.3. The minimum absolute atomic E-state index is 0.0681. The molecule has 170 valence electrons. The van der Waals surface area contributed by atoms with Crippen molar-refractivity contribution in [2.75, 3.05) is 12.4 Å². The van der Waals surface area contributed by atoms with Gasteiger partial charge in [-0.3, -0.25) is 9.36 Å². The Morgan fingerprint density at radius 3 is 2.55 bits per heavy atom. The highest BCUT2D eigenvalue weighted by molar-refractivity contribution is 7.92. The van der Waals surface area contributed by atoms with Crippen LogP contribution in [0, 0.1) is 6.92 Å². The van der Waals surface area contributed by atoms with Crippen LogP contribution in [0.2, 0.25) is 4.34 Å². The summed E-state index contributed by atoms with van der Waals surface area (Å²) in [5, 5.41) is 3.79. The molecular weight excluding hydrogens is 486 g/mol. The van der Waals surface area contributed by atoms with Gasteiger partial charge in [0.05, 0.1) is 22.5 Å². The van der Waals surface area contributed by atoms with E-state index < -0.39 is 16.1 Å². The Morgan fingerprint density at radius 2 is 1.88 bits per heavy atom. The van der Waals surface area contributed by atoms with Crippen LogP contribution in [-0.2, 0) is 10.0 Å². The first kappa shape index (κ1) is 22.8. The van der Waals surface area contributed by atoms with E-state index in [0.717, 1.165) is 16.7 Å². The third kappa shape index (κ3) is 4.72. The van der Waals surface area contributed by atoms with Crippen molar-refractivity contribution in [1.82, 2.24) is 9.29 Å². The number of sulfonamides is 1. The van der Waals surface area contributed by atoms with Crippen molar-refractivity contribution in [1.29, 1.82) is 0 Å². The van der Waals surface area contributed by atoms with Crippen LogP contribution >= 0.6 is 22.9 Å². The molecule has 0 atom stereocenters. The van der Waals surface area contributed by atoms with Gasteiger partial charge in [-0.15, -0.1) is 11.3 Å². The van der Waals surface area contributed by atoms with Crippen molar-refractivity contribution in [2.24, 2.45) is 0 Å². The number of carbonyl (C=O) groups excluding carboxylic acids is 1. The van der Waals surface area contributed by atoms with Crippen LogP contribution in [0.1, 0.15) is 5.56 Å². The molecule has 2 aromatic heterocycles. The summed E-state index contributed by atoms with van der Waals surface area (Å²) in [5.74, 6) is 0.583. The van der Waals surface area contributed by atoms with Gasteiger partial charge in [0.15, 0.2) is 0 Å². The first-order valence-corrected chi connectivity index (χ1v) is 12.3. The number of ether oxygens (including phenoxy) is 1. The van der Waals surface area contributed by atoms with E-state index in [-0.39, 0.29) is 9.77 Å². The summed E-state index contributed by atoms with van der Waals surface area (Å²) < 4.78 is 33.5. The van der Waals surface area contributed by atoms with Crippen molar-refractivity contribution < 1.29 is 17.9 Å². The number of carbonyl (C=O) groups is 1. The largest absolute Gasteiger partial charge is 0.497 e. The highest BCUT2D eigenvalue weighted by Crippen LogP contribution is 2.25. The van der Waals surface area contributed by atoms with Crippen LogP contribution in [0.4, 0.5) is 10.5 Å². The van der Waals surface area contributed by atoms with Crippen LogP contribution in [0.25, 0.3) is 16.5 Å². The molecule has 0 unspecified atom stereocenters. The van der Waals surface area contributed by atoms with Crippen molar-refractivity contribution in [3.8, 4) is 11.4 Å². The topological polar surface area (TPSA) is 106 Å². The van der Waals surface area contributed by atoms with Crippen molar-refractivity contribution in [2.45, 2.75) is 11.1 Å². The first-order valence-electron chi connectivity index (χ1n) is 9.57. The van der Waals surface area contributed by atoms with Gasteiger partial charge in [0, 0.05) is 11.9 Å². The molecule has 2 heterocycles. The van der Waals surface area contributed by atoms with E-state index in [1.165, 1.54) is 23.8 Å². The standard InChI is InChI=1S/C22H18ClN3O5S2/c1-13-11-15(24-22(28)25-33(29,30)20-8-7-19(23)32-20)4-6-18(13)26-10-9-14-3-5-16(31-2)12-17(14)21(26)27/h3-12H,1-2H3,(H2,24,25,28). The van der Waals surface area contributed by atoms with Crippen LogP contribution in [0.15, 0.2) is 69.8 Å². The first-order chi connectivity index (χ1) is 15.7. The smallest absolute Gasteiger partial charge is 0.333 e. The van der Waals surface area contributed by atoms with Crippen LogP contribution in [0.5, 0.6) is 5.75 Å². The number of aromatic nitrogens is 1. The second kappa shape index (κ2) is 8.89. The number of hydrogen-bond acceptors (Lipinski definition) is 6. The predicted molar refractivity (Wildman–Crippen MR) is 130 cm³/mol. The number of rotatable bonds is 5. The summed E-state index contributed by atoms with van der Waals surface area (Å²) in [6.45, 7) is 1.78. The van der Waals surface area contributed by atoms with Gasteiger partial charge in [0.1, 0.15) is 9.96 Å². The number of hydrogen-bond donors (Lipinski definition) is 2. The fourth-order valence-corrected chi connectivity index (χ4v) is 5.70. The number of halogens is 1. The van der Waals surface area contributed by atoms with E-state index in [2.05, 4.69) is 5.32 Å². The molecule has 0 fully saturated rings. The Balaban J connectivity index is 1.58. The number of urea groups is 1. The van der Waals surface area contributed by atoms with Crippen LogP contribution < -0.4 is 20.3 Å². The SMILES string of the molecule is COc1ccc2ccn(-c3ccc(NC(=O)NS(=O)(=O)c4ccc(Cl)s4)cc3C)c(=O)c2c1. The zero-order chi connectivity index (χ0) is 23.8. The maximum absolute atomic E-state index is 13.1. The van der Waals surface area contributed by atoms with Gasteiger partial charge in [-0.1, -0.05) is 17.7 Å². The molecule has 33 heavy (non-hydrogen) atoms. The molecule has 0 bridgehead atoms. The van der Waals surface area contributed by atoms with E-state index in [4.69, 9.17) is 16.3 Å². The number of anilines is 1. The quantitative estimate of drug-likeness (QED) is 0.416. The maximum Gasteiger partial charge on any atom is 0.333 e. The van der Waals surface area contributed by atoms with Gasteiger partial charge >= 0.3 is 6.03 Å². The lowest BCUT2D eigenvalue weighted by molar-refractivity contribution is 0.256. The van der Waals surface area contributed by atoms with E-state index in [1.807, 2.05) is 16.9 Å². The highest BCUT2D eigenvalue weighted by atomic mass is 35.5. The number of nitrogens with one attached hydrogen (secondary N) is 2. The lowest BCUT2D eigenvalue weighted by atomic mass is 10.1. The maximum atomic E-state index is 13.1. The van der Waals surface area contributed by atoms with Crippen molar-refractivity contribution in [3.63, 3.8) is 0 Å². The summed E-state index contributed by atoms with van der Waals surface area (Å²) >= 11 is 6.61. The average molecular weight is 504 g/mol. The number of benzene rings is 2. The zero-order valence-corrected chi connectivity index (χ0v) is 19.8. The normalized spacial score (nSPS) is 11.4. The Labute approximate surface area is 198 Å². The minimum Gasteiger partial charge on any atom is -0.497 e. The molecule has 8 nitrogen and oxygen atoms in total. The number of aryl methyl sites for hydroxylation is 1. The fourth-order valence-electron chi connectivity index (χ4n) is 3.31. The van der Waals surface area contributed by atoms with Crippen molar-refractivity contribution in [3.05, 3.63) is 81.0 Å². The lowest BCUT2D eigenvalue weighted by Crippen LogP contribution is -2.34. The molecule has 4 aromatic rings. The second-order valence-electron chi connectivity index (χ2n) is 7.06. The second-order valence-corrected chi connectivity index (χ2v) is 10.7. The monoisotopic (exact) mass is 503 g/mol. The van der Waals surface area contributed by atoms with E-state index in [9.17, 15) is 18.0 Å². The Hall–Kier alpha value is -3.34. The average Bonchev–Trinajstić information content (AvgIpc) is 3.21. The number of amides is 2. The summed E-state index contributed by atoms with van der Waals surface area (Å²) in [5.41, 5.74) is 1.47. The Morgan fingerprint density at radius 1 is 1.09 bits per heavy atom. The third-order valence-electron chi connectivity index (χ3n) is 4.87. The van der Waals surface area contributed by atoms with E-state index >= 15 is 0 Å². The van der Waals surface area contributed by atoms with Gasteiger partial charge in [0.2, 0.25) is 0 Å². The van der Waals surface area contributed by atoms with Crippen LogP contribution in [-0.4, -0.2) is 26.1 Å². The number of fused-ring (bicyclic) bond motifs is 1. The summed E-state index contributed by atoms with van der Waals surface area (Å²) in [7, 11) is -2.50. The third-order valence-corrected chi connectivity index (χ3v) is 7.92. The zero-order valence-electron chi connectivity index (χ0n) is 17.5.